The van der Waals surface area contributed by atoms with Crippen molar-refractivity contribution in [3.8, 4) is 11.5 Å². The minimum atomic E-state index is -0.126. The predicted molar refractivity (Wildman–Crippen MR) is 65.6 cm³/mol. The monoisotopic (exact) mass is 241 g/mol. The third kappa shape index (κ3) is 4.07. The van der Waals surface area contributed by atoms with Crippen LogP contribution in [0.3, 0.4) is 0 Å². The molecular formula is C11H16NO3P. The molecule has 0 aromatic heterocycles. The predicted octanol–water partition coefficient (Wildman–Crippen LogP) is 1.06. The standard InChI is InChI=1S/C11H16NO3P/c1-16-7-11(15)12-5-4-8-2-3-9(13)10(14)6-8/h2-3,6,13-14,16H,4-5,7H2,1H3,(H,12,15). The quantitative estimate of drug-likeness (QED) is 0.533. The van der Waals surface area contributed by atoms with Crippen molar-refractivity contribution in [3.63, 3.8) is 0 Å². The van der Waals surface area contributed by atoms with Gasteiger partial charge in [0, 0.05) is 12.7 Å². The van der Waals surface area contributed by atoms with Crippen LogP contribution in [0.5, 0.6) is 11.5 Å². The summed E-state index contributed by atoms with van der Waals surface area (Å²) in [5.74, 6) is -0.192. The zero-order chi connectivity index (χ0) is 12.0. The van der Waals surface area contributed by atoms with Crippen molar-refractivity contribution in [3.05, 3.63) is 23.8 Å². The van der Waals surface area contributed by atoms with Gasteiger partial charge in [-0.2, -0.15) is 0 Å². The topological polar surface area (TPSA) is 69.6 Å². The zero-order valence-corrected chi connectivity index (χ0v) is 10.2. The van der Waals surface area contributed by atoms with Crippen LogP contribution in [-0.4, -0.2) is 35.5 Å². The second-order valence-electron chi connectivity index (χ2n) is 3.45. The first-order valence-electron chi connectivity index (χ1n) is 5.05. The van der Waals surface area contributed by atoms with Crippen LogP contribution in [0, 0.1) is 0 Å². The Bertz CT molecular complexity index is 368. The first-order chi connectivity index (χ1) is 7.63. The second-order valence-corrected chi connectivity index (χ2v) is 4.51. The number of hydrogen-bond donors (Lipinski definition) is 3. The van der Waals surface area contributed by atoms with Gasteiger partial charge in [-0.05, 0) is 30.8 Å². The van der Waals surface area contributed by atoms with Crippen LogP contribution in [0.4, 0.5) is 0 Å². The Kier molecular flexibility index (Phi) is 5.06. The van der Waals surface area contributed by atoms with E-state index in [0.29, 0.717) is 27.7 Å². The molecule has 1 unspecified atom stereocenters. The molecule has 0 saturated carbocycles. The third-order valence-corrected chi connectivity index (χ3v) is 2.79. The number of hydrogen-bond acceptors (Lipinski definition) is 3. The maximum Gasteiger partial charge on any atom is 0.224 e. The molecule has 1 aromatic rings. The number of rotatable bonds is 5. The Morgan fingerprint density at radius 2 is 2.12 bits per heavy atom. The second kappa shape index (κ2) is 6.33. The molecular weight excluding hydrogens is 225 g/mol. The van der Waals surface area contributed by atoms with E-state index in [9.17, 15) is 9.90 Å². The first-order valence-corrected chi connectivity index (χ1v) is 6.76. The van der Waals surface area contributed by atoms with Gasteiger partial charge in [-0.1, -0.05) is 6.07 Å². The Morgan fingerprint density at radius 1 is 1.38 bits per heavy atom. The van der Waals surface area contributed by atoms with E-state index in [1.54, 1.807) is 6.07 Å². The highest BCUT2D eigenvalue weighted by atomic mass is 31.1. The summed E-state index contributed by atoms with van der Waals surface area (Å²) in [5, 5.41) is 21.2. The maximum atomic E-state index is 11.2. The van der Waals surface area contributed by atoms with Gasteiger partial charge in [0.15, 0.2) is 11.5 Å². The summed E-state index contributed by atoms with van der Waals surface area (Å²) in [5.41, 5.74) is 0.884. The number of carbonyl (C=O) groups is 1. The molecule has 0 aliphatic heterocycles. The summed E-state index contributed by atoms with van der Waals surface area (Å²) in [6, 6.07) is 4.67. The lowest BCUT2D eigenvalue weighted by molar-refractivity contribution is -0.118. The average Bonchev–Trinajstić information content (AvgIpc) is 2.24. The Hall–Kier alpha value is -1.28. The molecule has 0 spiro atoms. The summed E-state index contributed by atoms with van der Waals surface area (Å²) < 4.78 is 0. The molecule has 0 aliphatic rings. The highest BCUT2D eigenvalue weighted by Crippen LogP contribution is 2.24. The van der Waals surface area contributed by atoms with Crippen molar-refractivity contribution in [2.75, 3.05) is 19.4 Å². The Labute approximate surface area is 96.5 Å². The molecule has 0 bridgehead atoms. The normalized spacial score (nSPS) is 10.8. The van der Waals surface area contributed by atoms with Crippen LogP contribution >= 0.6 is 8.58 Å². The van der Waals surface area contributed by atoms with Crippen molar-refractivity contribution in [2.45, 2.75) is 6.42 Å². The van der Waals surface area contributed by atoms with Crippen molar-refractivity contribution < 1.29 is 15.0 Å². The lowest BCUT2D eigenvalue weighted by Crippen LogP contribution is -2.26. The Morgan fingerprint density at radius 3 is 2.75 bits per heavy atom. The minimum absolute atomic E-state index is 0.0591. The summed E-state index contributed by atoms with van der Waals surface area (Å²) in [7, 11) is 0.627. The van der Waals surface area contributed by atoms with E-state index >= 15 is 0 Å². The fourth-order valence-corrected chi connectivity index (χ4v) is 1.74. The minimum Gasteiger partial charge on any atom is -0.504 e. The molecule has 0 saturated heterocycles. The molecule has 16 heavy (non-hydrogen) atoms. The van der Waals surface area contributed by atoms with Crippen LogP contribution in [0.2, 0.25) is 0 Å². The summed E-state index contributed by atoms with van der Waals surface area (Å²) in [6.07, 6.45) is 1.22. The number of nitrogens with one attached hydrogen (secondary N) is 1. The molecule has 4 nitrogen and oxygen atoms in total. The van der Waals surface area contributed by atoms with Gasteiger partial charge in [-0.25, -0.2) is 0 Å². The van der Waals surface area contributed by atoms with E-state index in [-0.39, 0.29) is 17.4 Å². The van der Waals surface area contributed by atoms with Gasteiger partial charge in [0.1, 0.15) is 0 Å². The molecule has 3 N–H and O–H groups in total. The SMILES string of the molecule is CPCC(=O)NCCc1ccc(O)c(O)c1. The number of phenolic OH excluding ortho intramolecular Hbond substituents is 2. The molecule has 0 aliphatic carbocycles. The van der Waals surface area contributed by atoms with Gasteiger partial charge in [-0.3, -0.25) is 4.79 Å². The molecule has 5 heteroatoms. The first kappa shape index (κ1) is 12.8. The van der Waals surface area contributed by atoms with Gasteiger partial charge in [0.25, 0.3) is 0 Å². The number of phenols is 2. The van der Waals surface area contributed by atoms with Gasteiger partial charge in [0.05, 0.1) is 0 Å². The van der Waals surface area contributed by atoms with E-state index in [1.165, 1.54) is 12.1 Å². The van der Waals surface area contributed by atoms with Crippen molar-refractivity contribution in [1.82, 2.24) is 5.32 Å². The molecule has 0 heterocycles. The largest absolute Gasteiger partial charge is 0.504 e. The van der Waals surface area contributed by atoms with Crippen molar-refractivity contribution in [1.29, 1.82) is 0 Å². The molecule has 88 valence electrons. The summed E-state index contributed by atoms with van der Waals surface area (Å²) in [4.78, 5) is 11.2. The number of benzene rings is 1. The summed E-state index contributed by atoms with van der Waals surface area (Å²) in [6.45, 7) is 2.53. The van der Waals surface area contributed by atoms with Crippen LogP contribution in [0.1, 0.15) is 5.56 Å². The van der Waals surface area contributed by atoms with Crippen molar-refractivity contribution >= 4 is 14.5 Å². The molecule has 1 amide bonds. The zero-order valence-electron chi connectivity index (χ0n) is 9.16. The lowest BCUT2D eigenvalue weighted by Gasteiger charge is -2.05. The average molecular weight is 241 g/mol. The van der Waals surface area contributed by atoms with Crippen LogP contribution in [-0.2, 0) is 11.2 Å². The maximum absolute atomic E-state index is 11.2. The molecule has 0 fully saturated rings. The van der Waals surface area contributed by atoms with Gasteiger partial charge in [0.2, 0.25) is 5.91 Å². The highest BCUT2D eigenvalue weighted by Gasteiger charge is 2.02. The fourth-order valence-electron chi connectivity index (χ4n) is 1.29. The van der Waals surface area contributed by atoms with Crippen molar-refractivity contribution in [2.24, 2.45) is 0 Å². The van der Waals surface area contributed by atoms with E-state index in [0.717, 1.165) is 5.56 Å². The van der Waals surface area contributed by atoms with Gasteiger partial charge in [-0.15, -0.1) is 8.58 Å². The third-order valence-electron chi connectivity index (χ3n) is 2.11. The number of aromatic hydroxyl groups is 2. The smallest absolute Gasteiger partial charge is 0.224 e. The van der Waals surface area contributed by atoms with Gasteiger partial charge >= 0.3 is 0 Å². The highest BCUT2D eigenvalue weighted by molar-refractivity contribution is 7.38. The van der Waals surface area contributed by atoms with Gasteiger partial charge < -0.3 is 15.5 Å². The fraction of sp³-hybridized carbons (Fsp3) is 0.364. The molecule has 1 rings (SSSR count). The summed E-state index contributed by atoms with van der Waals surface area (Å²) >= 11 is 0. The van der Waals surface area contributed by atoms with E-state index < -0.39 is 0 Å². The lowest BCUT2D eigenvalue weighted by atomic mass is 10.1. The van der Waals surface area contributed by atoms with E-state index in [1.807, 2.05) is 6.66 Å². The Balaban J connectivity index is 2.37. The van der Waals surface area contributed by atoms with E-state index in [2.05, 4.69) is 5.32 Å². The van der Waals surface area contributed by atoms with Crippen LogP contribution in [0.15, 0.2) is 18.2 Å². The number of carbonyl (C=O) groups excluding carboxylic acids is 1. The molecule has 1 atom stereocenters. The van der Waals surface area contributed by atoms with E-state index in [4.69, 9.17) is 5.11 Å². The number of amides is 1. The van der Waals surface area contributed by atoms with Crippen LogP contribution in [0.25, 0.3) is 0 Å². The van der Waals surface area contributed by atoms with Crippen LogP contribution < -0.4 is 5.32 Å². The molecule has 1 aromatic carbocycles. The molecule has 0 radical (unpaired) electrons.